The lowest BCUT2D eigenvalue weighted by molar-refractivity contribution is 0.874. The number of aromatic nitrogens is 2. The molecule has 2 unspecified atom stereocenters. The van der Waals surface area contributed by atoms with Crippen LogP contribution in [0.3, 0.4) is 0 Å². The van der Waals surface area contributed by atoms with Crippen molar-refractivity contribution in [3.8, 4) is 0 Å². The van der Waals surface area contributed by atoms with Gasteiger partial charge in [0.05, 0.1) is 0 Å². The fourth-order valence-electron chi connectivity index (χ4n) is 1.79. The minimum absolute atomic E-state index is 0.641. The van der Waals surface area contributed by atoms with E-state index < -0.39 is 0 Å². The predicted molar refractivity (Wildman–Crippen MR) is 55.2 cm³/mol. The van der Waals surface area contributed by atoms with Crippen LogP contribution in [0.15, 0.2) is 12.3 Å². The lowest BCUT2D eigenvalue weighted by Gasteiger charge is -2.03. The monoisotopic (exact) mass is 189 g/mol. The number of rotatable bonds is 3. The van der Waals surface area contributed by atoms with Crippen molar-refractivity contribution in [2.75, 3.05) is 5.32 Å². The maximum absolute atomic E-state index is 4.54. The highest BCUT2D eigenvalue weighted by atomic mass is 15.1. The molecule has 1 N–H and O–H groups in total. The molecule has 14 heavy (non-hydrogen) atoms. The van der Waals surface area contributed by atoms with Crippen molar-refractivity contribution in [3.05, 3.63) is 18.0 Å². The summed E-state index contributed by atoms with van der Waals surface area (Å²) in [5.41, 5.74) is 1.22. The molecule has 2 aliphatic carbocycles. The number of nitrogens with zero attached hydrogens (tertiary/aromatic N) is 2. The Morgan fingerprint density at radius 1 is 1.43 bits per heavy atom. The van der Waals surface area contributed by atoms with Gasteiger partial charge in [0.2, 0.25) is 5.95 Å². The Morgan fingerprint density at radius 2 is 2.21 bits per heavy atom. The van der Waals surface area contributed by atoms with E-state index >= 15 is 0 Å². The Hall–Kier alpha value is -1.12. The van der Waals surface area contributed by atoms with Crippen LogP contribution in [0.2, 0.25) is 0 Å². The summed E-state index contributed by atoms with van der Waals surface area (Å²) < 4.78 is 0. The predicted octanol–water partition coefficient (Wildman–Crippen LogP) is 2.17. The van der Waals surface area contributed by atoms with E-state index in [0.29, 0.717) is 12.0 Å². The van der Waals surface area contributed by atoms with Crippen molar-refractivity contribution in [2.24, 2.45) is 5.92 Å². The Labute approximate surface area is 84.0 Å². The molecular weight excluding hydrogens is 174 g/mol. The third kappa shape index (κ3) is 1.59. The van der Waals surface area contributed by atoms with Crippen LogP contribution in [0.25, 0.3) is 0 Å². The van der Waals surface area contributed by atoms with E-state index in [9.17, 15) is 0 Å². The van der Waals surface area contributed by atoms with Crippen LogP contribution >= 0.6 is 0 Å². The molecular formula is C11H15N3. The Bertz CT molecular complexity index is 346. The summed E-state index contributed by atoms with van der Waals surface area (Å²) in [4.78, 5) is 8.78. The van der Waals surface area contributed by atoms with Gasteiger partial charge >= 0.3 is 0 Å². The summed E-state index contributed by atoms with van der Waals surface area (Å²) in [5, 5.41) is 3.33. The van der Waals surface area contributed by atoms with Crippen LogP contribution in [-0.4, -0.2) is 16.0 Å². The summed E-state index contributed by atoms with van der Waals surface area (Å²) >= 11 is 0. The van der Waals surface area contributed by atoms with Crippen molar-refractivity contribution in [2.45, 2.75) is 38.1 Å². The molecule has 2 atom stereocenters. The lowest BCUT2D eigenvalue weighted by atomic mass is 10.2. The molecule has 1 aromatic rings. The summed E-state index contributed by atoms with van der Waals surface area (Å²) in [6.45, 7) is 2.28. The van der Waals surface area contributed by atoms with E-state index in [1.807, 2.05) is 12.3 Å². The lowest BCUT2D eigenvalue weighted by Crippen LogP contribution is -2.06. The van der Waals surface area contributed by atoms with Gasteiger partial charge in [-0.25, -0.2) is 9.97 Å². The smallest absolute Gasteiger partial charge is 0.223 e. The first-order valence-electron chi connectivity index (χ1n) is 5.42. The zero-order valence-corrected chi connectivity index (χ0v) is 8.40. The second-order valence-electron chi connectivity index (χ2n) is 4.54. The average molecular weight is 189 g/mol. The van der Waals surface area contributed by atoms with Gasteiger partial charge in [-0.15, -0.1) is 0 Å². The first-order chi connectivity index (χ1) is 6.83. The molecule has 3 heteroatoms. The molecule has 74 valence electrons. The summed E-state index contributed by atoms with van der Waals surface area (Å²) in [6.07, 6.45) is 5.71. The second-order valence-corrected chi connectivity index (χ2v) is 4.54. The fraction of sp³-hybridized carbons (Fsp3) is 0.636. The molecule has 0 aromatic carbocycles. The first kappa shape index (κ1) is 8.21. The topological polar surface area (TPSA) is 37.8 Å². The SMILES string of the molecule is CC1CC1c1ccnc(NC2CC2)n1. The Kier molecular flexibility index (Phi) is 1.72. The third-order valence-corrected chi connectivity index (χ3v) is 3.08. The van der Waals surface area contributed by atoms with Crippen molar-refractivity contribution in [3.63, 3.8) is 0 Å². The molecule has 0 radical (unpaired) electrons. The van der Waals surface area contributed by atoms with Gasteiger partial charge in [0.25, 0.3) is 0 Å². The molecule has 1 heterocycles. The van der Waals surface area contributed by atoms with Crippen molar-refractivity contribution >= 4 is 5.95 Å². The van der Waals surface area contributed by atoms with Crippen molar-refractivity contribution in [1.82, 2.24) is 9.97 Å². The van der Waals surface area contributed by atoms with Gasteiger partial charge in [0, 0.05) is 23.9 Å². The van der Waals surface area contributed by atoms with Crippen LogP contribution in [0.1, 0.15) is 37.8 Å². The van der Waals surface area contributed by atoms with Gasteiger partial charge < -0.3 is 5.32 Å². The number of hydrogen-bond acceptors (Lipinski definition) is 3. The third-order valence-electron chi connectivity index (χ3n) is 3.08. The van der Waals surface area contributed by atoms with Crippen LogP contribution in [0.5, 0.6) is 0 Å². The number of hydrogen-bond donors (Lipinski definition) is 1. The quantitative estimate of drug-likeness (QED) is 0.792. The summed E-state index contributed by atoms with van der Waals surface area (Å²) in [5.74, 6) is 2.33. The van der Waals surface area contributed by atoms with E-state index in [4.69, 9.17) is 0 Å². The Balaban J connectivity index is 1.76. The zero-order chi connectivity index (χ0) is 9.54. The molecule has 2 saturated carbocycles. The summed E-state index contributed by atoms with van der Waals surface area (Å²) in [7, 11) is 0. The maximum Gasteiger partial charge on any atom is 0.223 e. The molecule has 3 nitrogen and oxygen atoms in total. The van der Waals surface area contributed by atoms with Gasteiger partial charge in [-0.3, -0.25) is 0 Å². The van der Waals surface area contributed by atoms with E-state index in [0.717, 1.165) is 11.9 Å². The molecule has 0 amide bonds. The van der Waals surface area contributed by atoms with Crippen molar-refractivity contribution < 1.29 is 0 Å². The van der Waals surface area contributed by atoms with Gasteiger partial charge in [-0.2, -0.15) is 0 Å². The number of nitrogens with one attached hydrogen (secondary N) is 1. The van der Waals surface area contributed by atoms with Crippen LogP contribution in [-0.2, 0) is 0 Å². The zero-order valence-electron chi connectivity index (χ0n) is 8.40. The second kappa shape index (κ2) is 2.94. The molecule has 0 saturated heterocycles. The van der Waals surface area contributed by atoms with Crippen LogP contribution in [0.4, 0.5) is 5.95 Å². The van der Waals surface area contributed by atoms with Gasteiger partial charge in [-0.05, 0) is 31.2 Å². The van der Waals surface area contributed by atoms with E-state index in [2.05, 4.69) is 22.2 Å². The highest BCUT2D eigenvalue weighted by Gasteiger charge is 2.35. The molecule has 2 fully saturated rings. The standard InChI is InChI=1S/C11H15N3/c1-7-6-9(7)10-4-5-12-11(14-10)13-8-2-3-8/h4-5,7-9H,2-3,6H2,1H3,(H,12,13,14). The molecule has 2 aliphatic rings. The molecule has 0 aliphatic heterocycles. The number of anilines is 1. The summed E-state index contributed by atoms with van der Waals surface area (Å²) in [6, 6.07) is 2.69. The molecule has 0 spiro atoms. The van der Waals surface area contributed by atoms with Gasteiger partial charge in [0.15, 0.2) is 0 Å². The Morgan fingerprint density at radius 3 is 2.86 bits per heavy atom. The van der Waals surface area contributed by atoms with Crippen molar-refractivity contribution in [1.29, 1.82) is 0 Å². The van der Waals surface area contributed by atoms with Gasteiger partial charge in [0.1, 0.15) is 0 Å². The average Bonchev–Trinajstić information content (AvgIpc) is 3.05. The minimum Gasteiger partial charge on any atom is -0.351 e. The molecule has 3 rings (SSSR count). The van der Waals surface area contributed by atoms with E-state index in [1.54, 1.807) is 0 Å². The normalized spacial score (nSPS) is 30.1. The maximum atomic E-state index is 4.54. The van der Waals surface area contributed by atoms with E-state index in [1.165, 1.54) is 25.0 Å². The molecule has 0 bridgehead atoms. The first-order valence-corrected chi connectivity index (χ1v) is 5.42. The highest BCUT2D eigenvalue weighted by Crippen LogP contribution is 2.46. The molecule has 1 aromatic heterocycles. The van der Waals surface area contributed by atoms with Crippen LogP contribution < -0.4 is 5.32 Å². The van der Waals surface area contributed by atoms with E-state index in [-0.39, 0.29) is 0 Å². The van der Waals surface area contributed by atoms with Gasteiger partial charge in [-0.1, -0.05) is 6.92 Å². The fourth-order valence-corrected chi connectivity index (χ4v) is 1.79. The largest absolute Gasteiger partial charge is 0.351 e. The van der Waals surface area contributed by atoms with Crippen LogP contribution in [0, 0.1) is 5.92 Å². The highest BCUT2D eigenvalue weighted by molar-refractivity contribution is 5.31. The minimum atomic E-state index is 0.641.